The first kappa shape index (κ1) is 27.3. The summed E-state index contributed by atoms with van der Waals surface area (Å²) in [5.74, 6) is 0.168. The van der Waals surface area contributed by atoms with Gasteiger partial charge in [-0.15, -0.1) is 0 Å². The average Bonchev–Trinajstić information content (AvgIpc) is 2.82. The summed E-state index contributed by atoms with van der Waals surface area (Å²) in [6.45, 7) is 7.96. The molecule has 36 heavy (non-hydrogen) atoms. The SMILES string of the molecule is CC[C@@H](C(=O)NC(C)C)N(Cc1ccc(C)cc1)C(=O)CN(c1ccc2c(c1)OCCO2)S(C)(=O)=O. The van der Waals surface area contributed by atoms with Gasteiger partial charge in [0.2, 0.25) is 21.8 Å². The van der Waals surface area contributed by atoms with E-state index < -0.39 is 28.5 Å². The molecule has 1 atom stereocenters. The number of fused-ring (bicyclic) bond motifs is 1. The van der Waals surface area contributed by atoms with Crippen molar-refractivity contribution in [3.8, 4) is 11.5 Å². The van der Waals surface area contributed by atoms with Crippen molar-refractivity contribution in [2.45, 2.75) is 52.7 Å². The van der Waals surface area contributed by atoms with Crippen LogP contribution in [0.3, 0.4) is 0 Å². The number of nitrogens with zero attached hydrogens (tertiary/aromatic N) is 2. The topological polar surface area (TPSA) is 105 Å². The van der Waals surface area contributed by atoms with Crippen molar-refractivity contribution < 1.29 is 27.5 Å². The summed E-state index contributed by atoms with van der Waals surface area (Å²) >= 11 is 0. The number of hydrogen-bond donors (Lipinski definition) is 1. The molecule has 196 valence electrons. The van der Waals surface area contributed by atoms with Crippen molar-refractivity contribution in [1.82, 2.24) is 10.2 Å². The molecule has 0 bridgehead atoms. The van der Waals surface area contributed by atoms with E-state index in [0.717, 1.165) is 21.7 Å². The maximum Gasteiger partial charge on any atom is 0.244 e. The molecule has 2 aromatic rings. The number of ether oxygens (including phenoxy) is 2. The smallest absolute Gasteiger partial charge is 0.244 e. The zero-order valence-electron chi connectivity index (χ0n) is 21.5. The Morgan fingerprint density at radius 2 is 1.67 bits per heavy atom. The number of hydrogen-bond acceptors (Lipinski definition) is 6. The number of benzene rings is 2. The summed E-state index contributed by atoms with van der Waals surface area (Å²) < 4.78 is 37.7. The van der Waals surface area contributed by atoms with E-state index in [2.05, 4.69) is 5.32 Å². The Bertz CT molecular complexity index is 1180. The molecule has 0 spiro atoms. The highest BCUT2D eigenvalue weighted by Gasteiger charge is 2.32. The van der Waals surface area contributed by atoms with E-state index in [1.54, 1.807) is 18.2 Å². The maximum atomic E-state index is 13.7. The van der Waals surface area contributed by atoms with Gasteiger partial charge in [-0.3, -0.25) is 13.9 Å². The lowest BCUT2D eigenvalue weighted by Gasteiger charge is -2.33. The van der Waals surface area contributed by atoms with Gasteiger partial charge in [-0.05, 0) is 44.9 Å². The van der Waals surface area contributed by atoms with Crippen LogP contribution in [0.2, 0.25) is 0 Å². The van der Waals surface area contributed by atoms with Crippen LogP contribution in [0.1, 0.15) is 38.3 Å². The normalized spacial score (nSPS) is 13.7. The van der Waals surface area contributed by atoms with E-state index in [0.29, 0.717) is 31.1 Å². The van der Waals surface area contributed by atoms with Gasteiger partial charge in [0.25, 0.3) is 0 Å². The Labute approximate surface area is 213 Å². The van der Waals surface area contributed by atoms with Crippen LogP contribution in [0.15, 0.2) is 42.5 Å². The van der Waals surface area contributed by atoms with Gasteiger partial charge in [-0.2, -0.15) is 0 Å². The summed E-state index contributed by atoms with van der Waals surface area (Å²) in [5.41, 5.74) is 2.20. The summed E-state index contributed by atoms with van der Waals surface area (Å²) in [4.78, 5) is 28.2. The lowest BCUT2D eigenvalue weighted by Crippen LogP contribution is -2.53. The van der Waals surface area contributed by atoms with Gasteiger partial charge >= 0.3 is 0 Å². The predicted octanol–water partition coefficient (Wildman–Crippen LogP) is 2.86. The highest BCUT2D eigenvalue weighted by molar-refractivity contribution is 7.92. The zero-order chi connectivity index (χ0) is 26.5. The minimum absolute atomic E-state index is 0.104. The van der Waals surface area contributed by atoms with Gasteiger partial charge in [0, 0.05) is 18.7 Å². The summed E-state index contributed by atoms with van der Waals surface area (Å²) in [6, 6.07) is 11.6. The molecule has 3 rings (SSSR count). The highest BCUT2D eigenvalue weighted by atomic mass is 32.2. The number of carbonyl (C=O) groups excluding carboxylic acids is 2. The lowest BCUT2D eigenvalue weighted by molar-refractivity contribution is -0.140. The fourth-order valence-corrected chi connectivity index (χ4v) is 4.83. The van der Waals surface area contributed by atoms with Crippen molar-refractivity contribution in [3.05, 3.63) is 53.6 Å². The average molecular weight is 518 g/mol. The van der Waals surface area contributed by atoms with E-state index in [1.165, 1.54) is 4.90 Å². The molecule has 2 aromatic carbocycles. The molecule has 0 fully saturated rings. The molecule has 0 saturated heterocycles. The fourth-order valence-electron chi connectivity index (χ4n) is 3.99. The first-order valence-electron chi connectivity index (χ1n) is 12.0. The van der Waals surface area contributed by atoms with Gasteiger partial charge in [0.15, 0.2) is 11.5 Å². The predicted molar refractivity (Wildman–Crippen MR) is 139 cm³/mol. The van der Waals surface area contributed by atoms with Crippen LogP contribution in [0.5, 0.6) is 11.5 Å². The largest absolute Gasteiger partial charge is 0.486 e. The third kappa shape index (κ3) is 6.90. The van der Waals surface area contributed by atoms with Crippen molar-refractivity contribution in [1.29, 1.82) is 0 Å². The number of sulfonamides is 1. The van der Waals surface area contributed by atoms with E-state index in [-0.39, 0.29) is 24.2 Å². The molecule has 1 aliphatic rings. The molecule has 0 aliphatic carbocycles. The molecule has 2 amide bonds. The highest BCUT2D eigenvalue weighted by Crippen LogP contribution is 2.34. The number of rotatable bonds is 10. The Morgan fingerprint density at radius 3 is 2.25 bits per heavy atom. The molecular weight excluding hydrogens is 482 g/mol. The Balaban J connectivity index is 1.95. The quantitative estimate of drug-likeness (QED) is 0.520. The second-order valence-corrected chi connectivity index (χ2v) is 11.1. The van der Waals surface area contributed by atoms with Crippen molar-refractivity contribution in [2.24, 2.45) is 0 Å². The lowest BCUT2D eigenvalue weighted by atomic mass is 10.1. The first-order chi connectivity index (χ1) is 17.0. The number of amides is 2. The molecule has 10 heteroatoms. The molecule has 0 radical (unpaired) electrons. The number of anilines is 1. The van der Waals surface area contributed by atoms with Crippen LogP contribution in [-0.2, 0) is 26.2 Å². The standard InChI is InChI=1S/C26H35N3O6S/c1-6-22(26(31)27-18(2)3)28(16-20-9-7-19(4)8-10-20)25(30)17-29(36(5,32)33)21-11-12-23-24(15-21)35-14-13-34-23/h7-12,15,18,22H,6,13-14,16-17H2,1-5H3,(H,27,31)/t22-/m0/s1. The van der Waals surface area contributed by atoms with E-state index >= 15 is 0 Å². The second kappa shape index (κ2) is 11.6. The molecule has 0 aromatic heterocycles. The summed E-state index contributed by atoms with van der Waals surface area (Å²) in [5, 5.41) is 2.88. The van der Waals surface area contributed by atoms with E-state index in [9.17, 15) is 18.0 Å². The van der Waals surface area contributed by atoms with Crippen LogP contribution in [0.25, 0.3) is 0 Å². The minimum Gasteiger partial charge on any atom is -0.486 e. The molecule has 1 aliphatic heterocycles. The molecule has 0 unspecified atom stereocenters. The fraction of sp³-hybridized carbons (Fsp3) is 0.462. The monoisotopic (exact) mass is 517 g/mol. The molecular formula is C26H35N3O6S. The van der Waals surface area contributed by atoms with Crippen LogP contribution in [0, 0.1) is 6.92 Å². The summed E-state index contributed by atoms with van der Waals surface area (Å²) in [6.07, 6.45) is 1.42. The molecule has 1 heterocycles. The second-order valence-electron chi connectivity index (χ2n) is 9.19. The summed E-state index contributed by atoms with van der Waals surface area (Å²) in [7, 11) is -3.83. The molecule has 0 saturated carbocycles. The van der Waals surface area contributed by atoms with Gasteiger partial charge in [0.05, 0.1) is 11.9 Å². The van der Waals surface area contributed by atoms with Gasteiger partial charge in [-0.1, -0.05) is 36.8 Å². The van der Waals surface area contributed by atoms with Gasteiger partial charge in [0.1, 0.15) is 25.8 Å². The van der Waals surface area contributed by atoms with Crippen LogP contribution >= 0.6 is 0 Å². The maximum absolute atomic E-state index is 13.7. The van der Waals surface area contributed by atoms with Crippen molar-refractivity contribution in [2.75, 3.05) is 30.3 Å². The molecule has 9 nitrogen and oxygen atoms in total. The third-order valence-corrected chi connectivity index (χ3v) is 6.92. The van der Waals surface area contributed by atoms with Crippen molar-refractivity contribution in [3.63, 3.8) is 0 Å². The van der Waals surface area contributed by atoms with Crippen LogP contribution < -0.4 is 19.1 Å². The Kier molecular flexibility index (Phi) is 8.84. The van der Waals surface area contributed by atoms with Gasteiger partial charge in [-0.25, -0.2) is 8.42 Å². The first-order valence-corrected chi connectivity index (χ1v) is 13.9. The van der Waals surface area contributed by atoms with Crippen LogP contribution in [-0.4, -0.2) is 63.2 Å². The number of carbonyl (C=O) groups is 2. The van der Waals surface area contributed by atoms with E-state index in [1.807, 2.05) is 52.0 Å². The Hall–Kier alpha value is -3.27. The minimum atomic E-state index is -3.83. The zero-order valence-corrected chi connectivity index (χ0v) is 22.3. The Morgan fingerprint density at radius 1 is 1.03 bits per heavy atom. The number of nitrogens with one attached hydrogen (secondary N) is 1. The molecule has 1 N–H and O–H groups in total. The van der Waals surface area contributed by atoms with Crippen molar-refractivity contribution >= 4 is 27.5 Å². The van der Waals surface area contributed by atoms with Gasteiger partial charge < -0.3 is 19.7 Å². The van der Waals surface area contributed by atoms with Crippen LogP contribution in [0.4, 0.5) is 5.69 Å². The third-order valence-electron chi connectivity index (χ3n) is 5.78. The number of aryl methyl sites for hydroxylation is 1. The van der Waals surface area contributed by atoms with E-state index in [4.69, 9.17) is 9.47 Å².